The van der Waals surface area contributed by atoms with E-state index in [4.69, 9.17) is 16.3 Å². The maximum Gasteiger partial charge on any atom is 0.132 e. The second kappa shape index (κ2) is 6.77. The Morgan fingerprint density at radius 1 is 1.04 bits per heavy atom. The van der Waals surface area contributed by atoms with E-state index >= 15 is 0 Å². The van der Waals surface area contributed by atoms with Gasteiger partial charge in [0.05, 0.1) is 18.7 Å². The molecule has 0 bridgehead atoms. The molecule has 126 valence electrons. The lowest BCUT2D eigenvalue weighted by molar-refractivity contribution is 0.340. The molecular weight excluding hydrogens is 332 g/mol. The molecule has 1 aliphatic heterocycles. The Kier molecular flexibility index (Phi) is 4.33. The Balaban J connectivity index is 1.87. The highest BCUT2D eigenvalue weighted by molar-refractivity contribution is 6.33. The molecule has 0 spiro atoms. The average Bonchev–Trinajstić information content (AvgIpc) is 3.16. The molecule has 4 rings (SSSR count). The Hall–Kier alpha value is -2.52. The van der Waals surface area contributed by atoms with Crippen LogP contribution >= 0.6 is 11.6 Å². The third-order valence-corrected chi connectivity index (χ3v) is 4.68. The quantitative estimate of drug-likeness (QED) is 0.725. The van der Waals surface area contributed by atoms with Crippen LogP contribution in [0.1, 0.15) is 12.5 Å². The molecule has 4 heteroatoms. The molecule has 3 nitrogen and oxygen atoms in total. The largest absolute Gasteiger partial charge is 0.493 e. The number of ether oxygens (including phenoxy) is 1. The molecule has 0 fully saturated rings. The number of aliphatic imine (C=N–C) groups is 1. The number of hydrogen-bond donors (Lipinski definition) is 1. The fourth-order valence-electron chi connectivity index (χ4n) is 3.18. The molecule has 3 aromatic rings. The fourth-order valence-corrected chi connectivity index (χ4v) is 3.42. The van der Waals surface area contributed by atoms with Gasteiger partial charge in [0.25, 0.3) is 0 Å². The van der Waals surface area contributed by atoms with Crippen LogP contribution in [0, 0.1) is 0 Å². The first-order valence-corrected chi connectivity index (χ1v) is 8.88. The zero-order chi connectivity index (χ0) is 17.2. The SMILES string of the molecule is CCOc1cc2ccc(-c3ccccc3Cl)cc2cc1C1=NCCN1. The molecule has 0 aliphatic carbocycles. The molecule has 0 saturated carbocycles. The van der Waals surface area contributed by atoms with Crippen molar-refractivity contribution in [1.82, 2.24) is 5.32 Å². The van der Waals surface area contributed by atoms with Crippen molar-refractivity contribution in [2.45, 2.75) is 6.92 Å². The minimum atomic E-state index is 0.628. The summed E-state index contributed by atoms with van der Waals surface area (Å²) in [7, 11) is 0. The Morgan fingerprint density at radius 2 is 1.92 bits per heavy atom. The number of hydrogen-bond acceptors (Lipinski definition) is 3. The van der Waals surface area contributed by atoms with Crippen molar-refractivity contribution in [3.63, 3.8) is 0 Å². The van der Waals surface area contributed by atoms with Crippen LogP contribution in [0.25, 0.3) is 21.9 Å². The lowest BCUT2D eigenvalue weighted by Gasteiger charge is -2.13. The lowest BCUT2D eigenvalue weighted by Crippen LogP contribution is -2.20. The van der Waals surface area contributed by atoms with Crippen LogP contribution in [-0.2, 0) is 0 Å². The molecule has 1 N–H and O–H groups in total. The first kappa shape index (κ1) is 16.0. The summed E-state index contributed by atoms with van der Waals surface area (Å²) in [5.74, 6) is 1.78. The van der Waals surface area contributed by atoms with Gasteiger partial charge < -0.3 is 10.1 Å². The normalized spacial score (nSPS) is 13.6. The highest BCUT2D eigenvalue weighted by atomic mass is 35.5. The van der Waals surface area contributed by atoms with Crippen LogP contribution < -0.4 is 10.1 Å². The standard InChI is InChI=1S/C21H19ClN2O/c1-2-25-20-13-14-7-8-15(17-5-3-4-6-19(17)22)11-16(14)12-18(20)21-23-9-10-24-21/h3-8,11-13H,2,9-10H2,1H3,(H,23,24). The van der Waals surface area contributed by atoms with Gasteiger partial charge in [-0.3, -0.25) is 4.99 Å². The van der Waals surface area contributed by atoms with E-state index in [0.717, 1.165) is 57.2 Å². The number of rotatable bonds is 4. The second-order valence-corrected chi connectivity index (χ2v) is 6.39. The van der Waals surface area contributed by atoms with Gasteiger partial charge in [-0.1, -0.05) is 41.9 Å². The van der Waals surface area contributed by atoms with Crippen molar-refractivity contribution < 1.29 is 4.74 Å². The van der Waals surface area contributed by atoms with Crippen molar-refractivity contribution in [2.75, 3.05) is 19.7 Å². The molecule has 1 aliphatic rings. The third-order valence-electron chi connectivity index (χ3n) is 4.35. The summed E-state index contributed by atoms with van der Waals surface area (Å²) in [5.41, 5.74) is 3.16. The maximum absolute atomic E-state index is 6.36. The van der Waals surface area contributed by atoms with Gasteiger partial charge in [0.2, 0.25) is 0 Å². The highest BCUT2D eigenvalue weighted by Crippen LogP contribution is 2.33. The lowest BCUT2D eigenvalue weighted by atomic mass is 9.99. The summed E-state index contributed by atoms with van der Waals surface area (Å²) in [6.07, 6.45) is 0. The fraction of sp³-hybridized carbons (Fsp3) is 0.190. The summed E-state index contributed by atoms with van der Waals surface area (Å²) < 4.78 is 5.85. The minimum Gasteiger partial charge on any atom is -0.493 e. The smallest absolute Gasteiger partial charge is 0.132 e. The van der Waals surface area contributed by atoms with Crippen LogP contribution in [-0.4, -0.2) is 25.5 Å². The van der Waals surface area contributed by atoms with Gasteiger partial charge in [0.15, 0.2) is 0 Å². The van der Waals surface area contributed by atoms with Gasteiger partial charge in [-0.05, 0) is 47.5 Å². The summed E-state index contributed by atoms with van der Waals surface area (Å²) >= 11 is 6.36. The predicted molar refractivity (Wildman–Crippen MR) is 105 cm³/mol. The van der Waals surface area contributed by atoms with E-state index in [1.165, 1.54) is 0 Å². The summed E-state index contributed by atoms with van der Waals surface area (Å²) in [5, 5.41) is 6.39. The Bertz CT molecular complexity index is 965. The molecule has 1 heterocycles. The van der Waals surface area contributed by atoms with Crippen LogP contribution in [0.2, 0.25) is 5.02 Å². The average molecular weight is 351 g/mol. The van der Waals surface area contributed by atoms with Gasteiger partial charge in [0, 0.05) is 17.1 Å². The second-order valence-electron chi connectivity index (χ2n) is 5.98. The number of nitrogens with one attached hydrogen (secondary N) is 1. The zero-order valence-electron chi connectivity index (χ0n) is 14.1. The highest BCUT2D eigenvalue weighted by Gasteiger charge is 2.15. The van der Waals surface area contributed by atoms with E-state index in [-0.39, 0.29) is 0 Å². The minimum absolute atomic E-state index is 0.628. The van der Waals surface area contributed by atoms with Crippen molar-refractivity contribution >= 4 is 28.2 Å². The Labute approximate surface area is 152 Å². The van der Waals surface area contributed by atoms with Crippen LogP contribution in [0.4, 0.5) is 0 Å². The Morgan fingerprint density at radius 3 is 2.68 bits per heavy atom. The number of fused-ring (bicyclic) bond motifs is 1. The molecule has 0 atom stereocenters. The molecule has 0 radical (unpaired) electrons. The number of benzene rings is 3. The van der Waals surface area contributed by atoms with Crippen molar-refractivity contribution in [1.29, 1.82) is 0 Å². The summed E-state index contributed by atoms with van der Waals surface area (Å²) in [4.78, 5) is 4.55. The van der Waals surface area contributed by atoms with Gasteiger partial charge in [-0.2, -0.15) is 0 Å². The summed E-state index contributed by atoms with van der Waals surface area (Å²) in [6.45, 7) is 4.30. The molecule has 3 aromatic carbocycles. The molecule has 0 saturated heterocycles. The van der Waals surface area contributed by atoms with Gasteiger partial charge in [-0.25, -0.2) is 0 Å². The van der Waals surface area contributed by atoms with Gasteiger partial charge in [-0.15, -0.1) is 0 Å². The van der Waals surface area contributed by atoms with E-state index < -0.39 is 0 Å². The number of nitrogens with zero attached hydrogens (tertiary/aromatic N) is 1. The third kappa shape index (κ3) is 3.08. The van der Waals surface area contributed by atoms with E-state index in [1.54, 1.807) is 0 Å². The summed E-state index contributed by atoms with van der Waals surface area (Å²) in [6, 6.07) is 18.5. The van der Waals surface area contributed by atoms with E-state index in [2.05, 4.69) is 40.6 Å². The van der Waals surface area contributed by atoms with E-state index in [9.17, 15) is 0 Å². The molecule has 0 amide bonds. The van der Waals surface area contributed by atoms with E-state index in [0.29, 0.717) is 6.61 Å². The molecule has 0 unspecified atom stereocenters. The van der Waals surface area contributed by atoms with Gasteiger partial charge in [0.1, 0.15) is 11.6 Å². The first-order chi connectivity index (χ1) is 12.3. The molecule has 25 heavy (non-hydrogen) atoms. The van der Waals surface area contributed by atoms with Crippen molar-refractivity contribution in [3.8, 4) is 16.9 Å². The first-order valence-electron chi connectivity index (χ1n) is 8.50. The predicted octanol–water partition coefficient (Wildman–Crippen LogP) is 4.91. The van der Waals surface area contributed by atoms with Crippen LogP contribution in [0.5, 0.6) is 5.75 Å². The number of amidine groups is 1. The van der Waals surface area contributed by atoms with Crippen molar-refractivity contribution in [2.24, 2.45) is 4.99 Å². The topological polar surface area (TPSA) is 33.6 Å². The number of halogens is 1. The molecular formula is C21H19ClN2O. The van der Waals surface area contributed by atoms with Crippen LogP contribution in [0.3, 0.4) is 0 Å². The zero-order valence-corrected chi connectivity index (χ0v) is 14.8. The van der Waals surface area contributed by atoms with Crippen molar-refractivity contribution in [3.05, 3.63) is 65.2 Å². The molecule has 0 aromatic heterocycles. The van der Waals surface area contributed by atoms with E-state index in [1.807, 2.05) is 31.2 Å². The monoisotopic (exact) mass is 350 g/mol. The van der Waals surface area contributed by atoms with Gasteiger partial charge >= 0.3 is 0 Å². The maximum atomic E-state index is 6.36. The van der Waals surface area contributed by atoms with Crippen LogP contribution in [0.15, 0.2) is 59.6 Å².